The summed E-state index contributed by atoms with van der Waals surface area (Å²) in [7, 11) is 0. The van der Waals surface area contributed by atoms with Crippen LogP contribution in [-0.2, 0) is 11.2 Å². The molecule has 1 N–H and O–H groups in total. The Morgan fingerprint density at radius 1 is 1.11 bits per heavy atom. The van der Waals surface area contributed by atoms with Gasteiger partial charge in [0.25, 0.3) is 5.91 Å². The number of fused-ring (bicyclic) bond motifs is 2. The molecule has 0 unspecified atom stereocenters. The largest absolute Gasteiger partial charge is 0.478 e. The maximum atomic E-state index is 15.2. The molecular formula is C29H25FN4O3. The maximum Gasteiger partial charge on any atom is 0.328 e. The molecule has 4 aromatic rings. The average Bonchev–Trinajstić information content (AvgIpc) is 3.65. The lowest BCUT2D eigenvalue weighted by molar-refractivity contribution is -0.131. The molecule has 1 amide bonds. The Morgan fingerprint density at radius 2 is 1.92 bits per heavy atom. The number of carbonyl (C=O) groups is 2. The fraction of sp³-hybridized carbons (Fsp3) is 0.241. The van der Waals surface area contributed by atoms with Crippen molar-refractivity contribution in [2.75, 3.05) is 6.54 Å². The van der Waals surface area contributed by atoms with Crippen LogP contribution in [0.15, 0.2) is 60.7 Å². The summed E-state index contributed by atoms with van der Waals surface area (Å²) in [6.45, 7) is 2.66. The van der Waals surface area contributed by atoms with E-state index in [1.165, 1.54) is 17.7 Å². The van der Waals surface area contributed by atoms with E-state index in [0.717, 1.165) is 36.6 Å². The van der Waals surface area contributed by atoms with Crippen LogP contribution in [0.1, 0.15) is 64.6 Å². The normalized spacial score (nSPS) is 17.4. The summed E-state index contributed by atoms with van der Waals surface area (Å²) in [4.78, 5) is 31.1. The van der Waals surface area contributed by atoms with Gasteiger partial charge in [-0.2, -0.15) is 5.10 Å². The summed E-state index contributed by atoms with van der Waals surface area (Å²) >= 11 is 0. The van der Waals surface area contributed by atoms with Crippen LogP contribution in [0, 0.1) is 5.82 Å². The van der Waals surface area contributed by atoms with E-state index in [1.807, 2.05) is 30.0 Å². The zero-order valence-electron chi connectivity index (χ0n) is 20.3. The Morgan fingerprint density at radius 3 is 2.70 bits per heavy atom. The number of benzene rings is 2. The number of halogens is 1. The lowest BCUT2D eigenvalue weighted by Crippen LogP contribution is -2.39. The minimum atomic E-state index is -1.15. The molecule has 0 spiro atoms. The number of hydrogen-bond acceptors (Lipinski definition) is 4. The summed E-state index contributed by atoms with van der Waals surface area (Å²) in [6, 6.07) is 16.4. The molecule has 0 radical (unpaired) electrons. The number of carbonyl (C=O) groups excluding carboxylic acids is 1. The molecule has 1 fully saturated rings. The van der Waals surface area contributed by atoms with E-state index >= 15 is 4.39 Å². The third-order valence-corrected chi connectivity index (χ3v) is 7.24. The van der Waals surface area contributed by atoms with E-state index < -0.39 is 11.8 Å². The first kappa shape index (κ1) is 23.1. The van der Waals surface area contributed by atoms with Gasteiger partial charge in [0.1, 0.15) is 11.5 Å². The summed E-state index contributed by atoms with van der Waals surface area (Å²) in [5, 5.41) is 13.5. The molecule has 1 saturated carbocycles. The van der Waals surface area contributed by atoms with Gasteiger partial charge in [0.2, 0.25) is 0 Å². The third kappa shape index (κ3) is 4.18. The highest BCUT2D eigenvalue weighted by Crippen LogP contribution is 2.41. The van der Waals surface area contributed by atoms with Crippen molar-refractivity contribution in [1.82, 2.24) is 19.5 Å². The molecular weight excluding hydrogens is 471 g/mol. The number of amides is 1. The Bertz CT molecular complexity index is 1590. The molecule has 2 aliphatic rings. The monoisotopic (exact) mass is 496 g/mol. The molecule has 8 heteroatoms. The van der Waals surface area contributed by atoms with Crippen molar-refractivity contribution < 1.29 is 19.1 Å². The van der Waals surface area contributed by atoms with Crippen LogP contribution < -0.4 is 0 Å². The number of aliphatic carboxylic acids is 1. The van der Waals surface area contributed by atoms with Gasteiger partial charge < -0.3 is 10.0 Å². The minimum absolute atomic E-state index is 0.0592. The number of rotatable bonds is 5. The van der Waals surface area contributed by atoms with Crippen LogP contribution in [-0.4, -0.2) is 43.0 Å². The first-order valence-electron chi connectivity index (χ1n) is 12.4. The predicted molar refractivity (Wildman–Crippen MR) is 137 cm³/mol. The summed E-state index contributed by atoms with van der Waals surface area (Å²) in [6.07, 6.45) is 4.92. The van der Waals surface area contributed by atoms with Gasteiger partial charge in [0.05, 0.1) is 11.7 Å². The molecule has 2 aromatic heterocycles. The van der Waals surface area contributed by atoms with E-state index in [-0.39, 0.29) is 29.0 Å². The zero-order valence-corrected chi connectivity index (χ0v) is 20.3. The summed E-state index contributed by atoms with van der Waals surface area (Å²) < 4.78 is 17.0. The molecule has 1 aliphatic carbocycles. The van der Waals surface area contributed by atoms with Gasteiger partial charge in [-0.1, -0.05) is 36.4 Å². The van der Waals surface area contributed by atoms with Crippen molar-refractivity contribution in [2.45, 2.75) is 38.1 Å². The van der Waals surface area contributed by atoms with Crippen LogP contribution in [0.25, 0.3) is 23.0 Å². The van der Waals surface area contributed by atoms with Gasteiger partial charge in [-0.25, -0.2) is 18.7 Å². The molecule has 6 rings (SSSR count). The van der Waals surface area contributed by atoms with Gasteiger partial charge in [-0.05, 0) is 55.5 Å². The Balaban J connectivity index is 1.40. The van der Waals surface area contributed by atoms with E-state index in [9.17, 15) is 9.59 Å². The Kier molecular flexibility index (Phi) is 5.59. The van der Waals surface area contributed by atoms with Crippen molar-refractivity contribution in [2.24, 2.45) is 0 Å². The van der Waals surface area contributed by atoms with Crippen molar-refractivity contribution in [3.05, 3.63) is 94.6 Å². The highest BCUT2D eigenvalue weighted by Gasteiger charge is 2.32. The lowest BCUT2D eigenvalue weighted by atomic mass is 9.93. The van der Waals surface area contributed by atoms with Gasteiger partial charge >= 0.3 is 5.97 Å². The number of nitrogens with zero attached hydrogens (tertiary/aromatic N) is 4. The predicted octanol–water partition coefficient (Wildman–Crippen LogP) is 5.27. The smallest absolute Gasteiger partial charge is 0.328 e. The number of hydrogen-bond donors (Lipinski definition) is 1. The SMILES string of the molecule is C[C@@H]1c2ccccc2CCN1C(=O)c1cc(C2CC2)n2nc(-c3cccc(/C=C/C(=O)O)c3F)cc2n1. The Labute approximate surface area is 212 Å². The van der Waals surface area contributed by atoms with Gasteiger partial charge in [-0.15, -0.1) is 0 Å². The molecule has 2 aromatic carbocycles. The molecule has 7 nitrogen and oxygen atoms in total. The van der Waals surface area contributed by atoms with Crippen LogP contribution in [0.4, 0.5) is 4.39 Å². The van der Waals surface area contributed by atoms with Gasteiger partial charge in [0, 0.05) is 41.4 Å². The van der Waals surface area contributed by atoms with Crippen molar-refractivity contribution in [3.63, 3.8) is 0 Å². The molecule has 0 bridgehead atoms. The number of carboxylic acids is 1. The molecule has 3 heterocycles. The third-order valence-electron chi connectivity index (χ3n) is 7.24. The second-order valence-electron chi connectivity index (χ2n) is 9.64. The molecule has 37 heavy (non-hydrogen) atoms. The number of carboxylic acid groups (broad SMARTS) is 1. The van der Waals surface area contributed by atoms with Crippen molar-refractivity contribution in [3.8, 4) is 11.3 Å². The molecule has 186 valence electrons. The van der Waals surface area contributed by atoms with Gasteiger partial charge in [0.15, 0.2) is 5.65 Å². The fourth-order valence-electron chi connectivity index (χ4n) is 5.14. The van der Waals surface area contributed by atoms with E-state index in [2.05, 4.69) is 22.2 Å². The first-order valence-corrected chi connectivity index (χ1v) is 12.4. The minimum Gasteiger partial charge on any atom is -0.478 e. The van der Waals surface area contributed by atoms with Crippen molar-refractivity contribution >= 4 is 23.6 Å². The van der Waals surface area contributed by atoms with Crippen molar-refractivity contribution in [1.29, 1.82) is 0 Å². The summed E-state index contributed by atoms with van der Waals surface area (Å²) in [5.41, 5.74) is 4.95. The van der Waals surface area contributed by atoms with E-state index in [1.54, 1.807) is 22.7 Å². The molecule has 1 atom stereocenters. The quantitative estimate of drug-likeness (QED) is 0.380. The van der Waals surface area contributed by atoms with Crippen LogP contribution in [0.3, 0.4) is 0 Å². The lowest BCUT2D eigenvalue weighted by Gasteiger charge is -2.35. The van der Waals surface area contributed by atoms with Crippen LogP contribution in [0.5, 0.6) is 0 Å². The second-order valence-corrected chi connectivity index (χ2v) is 9.64. The molecule has 1 aliphatic heterocycles. The molecule has 0 saturated heterocycles. The van der Waals surface area contributed by atoms with E-state index in [4.69, 9.17) is 5.11 Å². The average molecular weight is 497 g/mol. The Hall–Kier alpha value is -4.33. The van der Waals surface area contributed by atoms with Gasteiger partial charge in [-0.3, -0.25) is 4.79 Å². The fourth-order valence-corrected chi connectivity index (χ4v) is 5.14. The maximum absolute atomic E-state index is 15.2. The topological polar surface area (TPSA) is 87.8 Å². The van der Waals surface area contributed by atoms with Crippen LogP contribution >= 0.6 is 0 Å². The number of aromatic nitrogens is 3. The van der Waals surface area contributed by atoms with Crippen LogP contribution in [0.2, 0.25) is 0 Å². The first-order chi connectivity index (χ1) is 17.9. The zero-order chi connectivity index (χ0) is 25.7. The highest BCUT2D eigenvalue weighted by atomic mass is 19.1. The van der Waals surface area contributed by atoms with E-state index in [0.29, 0.717) is 23.6 Å². The standard InChI is InChI=1S/C29H25FN4O3/c1-17-21-7-3-2-5-18(21)13-14-33(17)29(37)24-15-25(19-9-10-19)34-26(31-24)16-23(32-34)22-8-4-6-20(28(22)30)11-12-27(35)36/h2-8,11-12,15-17,19H,9-10,13-14H2,1H3,(H,35,36)/b12-11+/t17-/m1/s1. The summed E-state index contributed by atoms with van der Waals surface area (Å²) in [5.74, 6) is -1.56. The highest BCUT2D eigenvalue weighted by molar-refractivity contribution is 5.93. The second kappa shape index (κ2) is 8.96.